The molecule has 2 nitrogen and oxygen atoms in total. The highest BCUT2D eigenvalue weighted by molar-refractivity contribution is 8.00. The lowest BCUT2D eigenvalue weighted by Crippen LogP contribution is -2.38. The van der Waals surface area contributed by atoms with E-state index in [4.69, 9.17) is 0 Å². The first-order chi connectivity index (χ1) is 9.56. The van der Waals surface area contributed by atoms with Crippen LogP contribution < -0.4 is 10.2 Å². The minimum atomic E-state index is -0.107. The van der Waals surface area contributed by atoms with E-state index in [0.717, 1.165) is 30.0 Å². The van der Waals surface area contributed by atoms with Crippen LogP contribution in [0, 0.1) is 12.7 Å². The van der Waals surface area contributed by atoms with Crippen LogP contribution in [0.15, 0.2) is 12.1 Å². The van der Waals surface area contributed by atoms with Gasteiger partial charge < -0.3 is 10.2 Å². The molecule has 0 aliphatic carbocycles. The maximum atomic E-state index is 13.9. The Hall–Kier alpha value is -0.740. The normalized spacial score (nSPS) is 21.1. The van der Waals surface area contributed by atoms with E-state index in [1.165, 1.54) is 12.1 Å². The van der Waals surface area contributed by atoms with Crippen molar-refractivity contribution in [2.75, 3.05) is 30.8 Å². The predicted octanol–water partition coefficient (Wildman–Crippen LogP) is 3.75. The van der Waals surface area contributed by atoms with E-state index < -0.39 is 0 Å². The zero-order valence-electron chi connectivity index (χ0n) is 12.9. The molecule has 1 N–H and O–H groups in total. The Balaban J connectivity index is 2.35. The number of nitrogens with one attached hydrogen (secondary N) is 1. The van der Waals surface area contributed by atoms with Crippen LogP contribution in [-0.4, -0.2) is 31.1 Å². The molecule has 0 bridgehead atoms. The number of hydrogen-bond donors (Lipinski definition) is 1. The molecule has 0 amide bonds. The monoisotopic (exact) mass is 296 g/mol. The molecule has 4 heteroatoms. The highest BCUT2D eigenvalue weighted by Gasteiger charge is 2.23. The molecule has 1 aliphatic rings. The fraction of sp³-hybridized carbons (Fsp3) is 0.625. The van der Waals surface area contributed by atoms with E-state index in [-0.39, 0.29) is 11.9 Å². The van der Waals surface area contributed by atoms with Crippen molar-refractivity contribution in [1.29, 1.82) is 0 Å². The fourth-order valence-electron chi connectivity index (χ4n) is 2.64. The zero-order chi connectivity index (χ0) is 14.7. The molecule has 1 aliphatic heterocycles. The maximum Gasteiger partial charge on any atom is 0.126 e. The zero-order valence-corrected chi connectivity index (χ0v) is 13.7. The van der Waals surface area contributed by atoms with Crippen molar-refractivity contribution in [2.24, 2.45) is 0 Å². The molecule has 2 rings (SSSR count). The molecule has 0 saturated carbocycles. The molecular weight excluding hydrogens is 271 g/mol. The van der Waals surface area contributed by atoms with Crippen LogP contribution in [0.2, 0.25) is 0 Å². The molecule has 0 spiro atoms. The quantitative estimate of drug-likeness (QED) is 0.911. The first kappa shape index (κ1) is 15.6. The van der Waals surface area contributed by atoms with Gasteiger partial charge in [-0.25, -0.2) is 4.39 Å². The van der Waals surface area contributed by atoms with E-state index in [0.29, 0.717) is 5.25 Å². The molecule has 2 atom stereocenters. The second-order valence-electron chi connectivity index (χ2n) is 5.52. The van der Waals surface area contributed by atoms with Gasteiger partial charge in [-0.1, -0.05) is 6.92 Å². The molecule has 1 fully saturated rings. The summed E-state index contributed by atoms with van der Waals surface area (Å²) in [4.78, 5) is 2.43. The van der Waals surface area contributed by atoms with Gasteiger partial charge in [0, 0.05) is 35.8 Å². The largest absolute Gasteiger partial charge is 0.369 e. The molecule has 2 unspecified atom stereocenters. The van der Waals surface area contributed by atoms with Crippen molar-refractivity contribution < 1.29 is 4.39 Å². The summed E-state index contributed by atoms with van der Waals surface area (Å²) in [6.45, 7) is 8.30. The summed E-state index contributed by atoms with van der Waals surface area (Å²) in [6, 6.07) is 3.88. The van der Waals surface area contributed by atoms with Crippen LogP contribution in [0.25, 0.3) is 0 Å². The lowest BCUT2D eigenvalue weighted by atomic mass is 10.0. The van der Waals surface area contributed by atoms with Gasteiger partial charge in [0.25, 0.3) is 0 Å². The first-order valence-corrected chi connectivity index (χ1v) is 8.45. The van der Waals surface area contributed by atoms with Gasteiger partial charge in [0.05, 0.1) is 0 Å². The number of halogens is 1. The van der Waals surface area contributed by atoms with Gasteiger partial charge in [0.1, 0.15) is 5.82 Å². The van der Waals surface area contributed by atoms with E-state index in [1.807, 2.05) is 20.0 Å². The summed E-state index contributed by atoms with van der Waals surface area (Å²) >= 11 is 2.06. The van der Waals surface area contributed by atoms with Crippen LogP contribution in [0.1, 0.15) is 37.4 Å². The topological polar surface area (TPSA) is 15.3 Å². The summed E-state index contributed by atoms with van der Waals surface area (Å²) in [5.74, 6) is 1.05. The Labute approximate surface area is 126 Å². The molecule has 1 aromatic rings. The second kappa shape index (κ2) is 6.81. The predicted molar refractivity (Wildman–Crippen MR) is 87.4 cm³/mol. The highest BCUT2D eigenvalue weighted by Crippen LogP contribution is 2.33. The van der Waals surface area contributed by atoms with Gasteiger partial charge in [-0.05, 0) is 50.6 Å². The summed E-state index contributed by atoms with van der Waals surface area (Å²) < 4.78 is 13.9. The number of hydrogen-bond acceptors (Lipinski definition) is 3. The standard InChI is InChI=1S/C16H25FN2S/c1-5-13-10-19(6-7-20-13)16-8-11(2)15(17)9-14(16)12(3)18-4/h8-9,12-13,18H,5-7,10H2,1-4H3. The lowest BCUT2D eigenvalue weighted by molar-refractivity contribution is 0.598. The smallest absolute Gasteiger partial charge is 0.126 e. The second-order valence-corrected chi connectivity index (χ2v) is 6.93. The summed E-state index contributed by atoms with van der Waals surface area (Å²) in [5.41, 5.74) is 3.00. The van der Waals surface area contributed by atoms with Crippen molar-refractivity contribution >= 4 is 17.4 Å². The van der Waals surface area contributed by atoms with Crippen molar-refractivity contribution in [3.8, 4) is 0 Å². The molecule has 20 heavy (non-hydrogen) atoms. The van der Waals surface area contributed by atoms with Crippen LogP contribution in [0.4, 0.5) is 10.1 Å². The number of benzene rings is 1. The van der Waals surface area contributed by atoms with Crippen LogP contribution in [0.5, 0.6) is 0 Å². The number of thioether (sulfide) groups is 1. The first-order valence-electron chi connectivity index (χ1n) is 7.40. The number of aryl methyl sites for hydroxylation is 1. The maximum absolute atomic E-state index is 13.9. The van der Waals surface area contributed by atoms with Crippen molar-refractivity contribution in [3.63, 3.8) is 0 Å². The van der Waals surface area contributed by atoms with Crippen LogP contribution in [-0.2, 0) is 0 Å². The molecule has 1 aromatic carbocycles. The van der Waals surface area contributed by atoms with Crippen LogP contribution >= 0.6 is 11.8 Å². The highest BCUT2D eigenvalue weighted by atomic mass is 32.2. The van der Waals surface area contributed by atoms with Gasteiger partial charge in [-0.3, -0.25) is 0 Å². The lowest BCUT2D eigenvalue weighted by Gasteiger charge is -2.36. The third-order valence-electron chi connectivity index (χ3n) is 4.14. The SMILES string of the molecule is CCC1CN(c2cc(C)c(F)cc2C(C)NC)CCS1. The summed E-state index contributed by atoms with van der Waals surface area (Å²) in [7, 11) is 1.92. The van der Waals surface area contributed by atoms with E-state index in [1.54, 1.807) is 6.07 Å². The molecule has 112 valence electrons. The molecule has 0 radical (unpaired) electrons. The number of anilines is 1. The van der Waals surface area contributed by atoms with Gasteiger partial charge in [0.2, 0.25) is 0 Å². The molecular formula is C16H25FN2S. The fourth-order valence-corrected chi connectivity index (χ4v) is 3.82. The Morgan fingerprint density at radius 3 is 2.90 bits per heavy atom. The average molecular weight is 296 g/mol. The van der Waals surface area contributed by atoms with E-state index in [2.05, 4.69) is 35.8 Å². The Morgan fingerprint density at radius 1 is 1.50 bits per heavy atom. The Kier molecular flexibility index (Phi) is 5.33. The van der Waals surface area contributed by atoms with Crippen molar-refractivity contribution in [3.05, 3.63) is 29.1 Å². The third kappa shape index (κ3) is 3.29. The minimum Gasteiger partial charge on any atom is -0.369 e. The van der Waals surface area contributed by atoms with E-state index in [9.17, 15) is 4.39 Å². The van der Waals surface area contributed by atoms with E-state index >= 15 is 0 Å². The van der Waals surface area contributed by atoms with Gasteiger partial charge in [-0.2, -0.15) is 11.8 Å². The molecule has 1 saturated heterocycles. The Morgan fingerprint density at radius 2 is 2.25 bits per heavy atom. The van der Waals surface area contributed by atoms with Gasteiger partial charge in [-0.15, -0.1) is 0 Å². The van der Waals surface area contributed by atoms with Crippen molar-refractivity contribution in [1.82, 2.24) is 5.32 Å². The van der Waals surface area contributed by atoms with Gasteiger partial charge in [0.15, 0.2) is 0 Å². The molecule has 1 heterocycles. The minimum absolute atomic E-state index is 0.107. The average Bonchev–Trinajstić information content (AvgIpc) is 2.48. The number of nitrogens with zero attached hydrogens (tertiary/aromatic N) is 1. The summed E-state index contributed by atoms with van der Waals surface area (Å²) in [6.07, 6.45) is 1.19. The summed E-state index contributed by atoms with van der Waals surface area (Å²) in [5, 5.41) is 3.92. The Bertz CT molecular complexity index is 464. The number of rotatable bonds is 4. The van der Waals surface area contributed by atoms with Crippen molar-refractivity contribution in [2.45, 2.75) is 38.5 Å². The molecule has 0 aromatic heterocycles. The third-order valence-corrected chi connectivity index (χ3v) is 5.51. The van der Waals surface area contributed by atoms with Crippen LogP contribution in [0.3, 0.4) is 0 Å². The van der Waals surface area contributed by atoms with Gasteiger partial charge >= 0.3 is 0 Å².